The van der Waals surface area contributed by atoms with Crippen LogP contribution in [0.1, 0.15) is 65.9 Å². The lowest BCUT2D eigenvalue weighted by Crippen LogP contribution is -2.20. The molecule has 3 aromatic heterocycles. The van der Waals surface area contributed by atoms with Crippen LogP contribution in [-0.4, -0.2) is 24.2 Å². The van der Waals surface area contributed by atoms with E-state index < -0.39 is 11.4 Å². The summed E-state index contributed by atoms with van der Waals surface area (Å²) >= 11 is 0. The molecule has 41 heavy (non-hydrogen) atoms. The molecule has 3 heterocycles. The predicted molar refractivity (Wildman–Crippen MR) is 153 cm³/mol. The number of nitrogen functional groups attached to an aromatic ring is 1. The van der Waals surface area contributed by atoms with Gasteiger partial charge in [-0.15, -0.1) is 0 Å². The van der Waals surface area contributed by atoms with E-state index in [-0.39, 0.29) is 17.8 Å². The fourth-order valence-corrected chi connectivity index (χ4v) is 5.69. The van der Waals surface area contributed by atoms with E-state index in [4.69, 9.17) is 10.7 Å². The topological polar surface area (TPSA) is 123 Å². The molecule has 2 saturated carbocycles. The molecule has 9 heteroatoms. The summed E-state index contributed by atoms with van der Waals surface area (Å²) in [5.74, 6) is 0.570. The minimum atomic E-state index is -0.534. The first kappa shape index (κ1) is 25.2. The number of aliphatic hydroxyl groups excluding tert-OH is 1. The Morgan fingerprint density at radius 1 is 1.10 bits per heavy atom. The van der Waals surface area contributed by atoms with Crippen molar-refractivity contribution in [3.63, 3.8) is 0 Å². The molecule has 0 atom stereocenters. The van der Waals surface area contributed by atoms with E-state index in [0.29, 0.717) is 57.8 Å². The first-order valence-corrected chi connectivity index (χ1v) is 13.8. The lowest BCUT2D eigenvalue weighted by molar-refractivity contribution is 0.282. The van der Waals surface area contributed by atoms with Crippen LogP contribution in [0.25, 0.3) is 27.7 Å². The molecular weight excluding hydrogens is 519 g/mol. The molecule has 2 aliphatic carbocycles. The summed E-state index contributed by atoms with van der Waals surface area (Å²) in [5, 5.41) is 20.6. The van der Waals surface area contributed by atoms with Crippen LogP contribution in [0.4, 0.5) is 10.2 Å². The molecular formula is C32H27FN6O2. The van der Waals surface area contributed by atoms with E-state index in [9.17, 15) is 15.2 Å². The van der Waals surface area contributed by atoms with Gasteiger partial charge in [0.05, 0.1) is 23.4 Å². The smallest absolute Gasteiger partial charge is 0.265 e. The number of halogens is 1. The number of aliphatic hydroxyl groups is 1. The maximum Gasteiger partial charge on any atom is 0.265 e. The largest absolute Gasteiger partial charge is 0.392 e. The number of nitrogens with zero attached hydrogens (tertiary/aromatic N) is 5. The van der Waals surface area contributed by atoms with Gasteiger partial charge in [0.1, 0.15) is 29.2 Å². The van der Waals surface area contributed by atoms with Gasteiger partial charge < -0.3 is 15.4 Å². The Labute approximate surface area is 235 Å². The number of hydrogen-bond acceptors (Lipinski definition) is 6. The van der Waals surface area contributed by atoms with Crippen LogP contribution >= 0.6 is 0 Å². The number of nitrogens with two attached hydrogens (primary N) is 1. The van der Waals surface area contributed by atoms with Crippen molar-refractivity contribution in [1.82, 2.24) is 19.1 Å². The molecule has 2 aromatic carbocycles. The van der Waals surface area contributed by atoms with Crippen LogP contribution < -0.4 is 11.3 Å². The SMILES string of the molecule is N#Cc1cc(Cc2nc(N)cc(-c3cccc(-n4ccc5cc(C6CC6)cc(F)c5c4=O)c3CO)n2)cn1C1CC1. The third kappa shape index (κ3) is 4.56. The van der Waals surface area contributed by atoms with Gasteiger partial charge >= 0.3 is 0 Å². The maximum absolute atomic E-state index is 15.2. The van der Waals surface area contributed by atoms with Crippen molar-refractivity contribution in [3.05, 3.63) is 105 Å². The molecule has 3 N–H and O–H groups in total. The van der Waals surface area contributed by atoms with Crippen molar-refractivity contribution >= 4 is 16.6 Å². The van der Waals surface area contributed by atoms with Gasteiger partial charge in [0.15, 0.2) is 0 Å². The summed E-state index contributed by atoms with van der Waals surface area (Å²) in [7, 11) is 0. The van der Waals surface area contributed by atoms with Crippen LogP contribution in [0.2, 0.25) is 0 Å². The maximum atomic E-state index is 15.2. The Kier molecular flexibility index (Phi) is 5.94. The fourth-order valence-electron chi connectivity index (χ4n) is 5.69. The second-order valence-electron chi connectivity index (χ2n) is 10.9. The summed E-state index contributed by atoms with van der Waals surface area (Å²) in [4.78, 5) is 22.7. The van der Waals surface area contributed by atoms with Crippen molar-refractivity contribution in [2.24, 2.45) is 0 Å². The van der Waals surface area contributed by atoms with Crippen LogP contribution in [0.15, 0.2) is 65.7 Å². The first-order chi connectivity index (χ1) is 19.9. The van der Waals surface area contributed by atoms with E-state index in [2.05, 4.69) is 11.1 Å². The van der Waals surface area contributed by atoms with Gasteiger partial charge in [0.25, 0.3) is 5.56 Å². The highest BCUT2D eigenvalue weighted by Crippen LogP contribution is 2.41. The zero-order valence-corrected chi connectivity index (χ0v) is 22.2. The quantitative estimate of drug-likeness (QED) is 0.292. The number of nitriles is 1. The Morgan fingerprint density at radius 2 is 1.93 bits per heavy atom. The highest BCUT2D eigenvalue weighted by Gasteiger charge is 2.27. The molecule has 204 valence electrons. The molecule has 0 radical (unpaired) electrons. The summed E-state index contributed by atoms with van der Waals surface area (Å²) in [5.41, 5.74) is 10.1. The molecule has 2 aliphatic rings. The number of aromatic nitrogens is 4. The second kappa shape index (κ2) is 9.68. The molecule has 0 aliphatic heterocycles. The monoisotopic (exact) mass is 546 g/mol. The van der Waals surface area contributed by atoms with Crippen LogP contribution in [0.5, 0.6) is 0 Å². The van der Waals surface area contributed by atoms with Gasteiger partial charge in [-0.05, 0) is 72.4 Å². The van der Waals surface area contributed by atoms with Crippen LogP contribution in [0, 0.1) is 17.1 Å². The van der Waals surface area contributed by atoms with Gasteiger partial charge in [0, 0.05) is 42.0 Å². The molecule has 0 unspecified atom stereocenters. The van der Waals surface area contributed by atoms with E-state index in [1.54, 1.807) is 36.5 Å². The molecule has 7 rings (SSSR count). The standard InChI is InChI=1S/C32H27FN6O2/c33-26-13-21(19-4-5-19)12-20-8-9-38(32(41)31(20)26)28-3-1-2-24(25(28)17-40)27-14-29(35)37-30(36-27)11-18-10-23(15-34)39(16-18)22-6-7-22/h1-3,8-10,12-14,16,19,22,40H,4-7,11,17H2,(H2,35,36,37). The van der Waals surface area contributed by atoms with Crippen molar-refractivity contribution < 1.29 is 9.50 Å². The van der Waals surface area contributed by atoms with Crippen LogP contribution in [0.3, 0.4) is 0 Å². The van der Waals surface area contributed by atoms with E-state index in [0.717, 1.165) is 36.8 Å². The molecule has 2 fully saturated rings. The average molecular weight is 547 g/mol. The van der Waals surface area contributed by atoms with E-state index >= 15 is 4.39 Å². The third-order valence-corrected chi connectivity index (χ3v) is 7.99. The molecule has 0 spiro atoms. The first-order valence-electron chi connectivity index (χ1n) is 13.8. The molecule has 0 amide bonds. The fraction of sp³-hybridized carbons (Fsp3) is 0.250. The highest BCUT2D eigenvalue weighted by molar-refractivity contribution is 5.83. The Hall–Kier alpha value is -4.81. The summed E-state index contributed by atoms with van der Waals surface area (Å²) in [6, 6.07) is 16.5. The lowest BCUT2D eigenvalue weighted by Gasteiger charge is -2.16. The normalized spacial score (nSPS) is 14.9. The number of rotatable bonds is 7. The highest BCUT2D eigenvalue weighted by atomic mass is 19.1. The summed E-state index contributed by atoms with van der Waals surface area (Å²) < 4.78 is 18.5. The van der Waals surface area contributed by atoms with E-state index in [1.165, 1.54) is 10.6 Å². The van der Waals surface area contributed by atoms with Gasteiger partial charge in [-0.2, -0.15) is 5.26 Å². The Balaban J connectivity index is 1.29. The van der Waals surface area contributed by atoms with Crippen molar-refractivity contribution in [3.8, 4) is 23.0 Å². The lowest BCUT2D eigenvalue weighted by atomic mass is 10.0. The number of hydrogen-bond donors (Lipinski definition) is 2. The zero-order valence-electron chi connectivity index (χ0n) is 22.2. The van der Waals surface area contributed by atoms with Gasteiger partial charge in [-0.1, -0.05) is 18.2 Å². The van der Waals surface area contributed by atoms with E-state index in [1.807, 2.05) is 22.9 Å². The van der Waals surface area contributed by atoms with Gasteiger partial charge in [0.2, 0.25) is 0 Å². The zero-order chi connectivity index (χ0) is 28.2. The molecule has 0 saturated heterocycles. The number of fused-ring (bicyclic) bond motifs is 1. The number of anilines is 1. The Morgan fingerprint density at radius 3 is 2.66 bits per heavy atom. The molecule has 8 nitrogen and oxygen atoms in total. The van der Waals surface area contributed by atoms with Gasteiger partial charge in [-0.25, -0.2) is 14.4 Å². The van der Waals surface area contributed by atoms with Crippen LogP contribution in [-0.2, 0) is 13.0 Å². The summed E-state index contributed by atoms with van der Waals surface area (Å²) in [6.45, 7) is -0.381. The predicted octanol–water partition coefficient (Wildman–Crippen LogP) is 5.14. The second-order valence-corrected chi connectivity index (χ2v) is 10.9. The number of pyridine rings is 1. The molecule has 5 aromatic rings. The van der Waals surface area contributed by atoms with Crippen molar-refractivity contribution in [2.45, 2.75) is 50.7 Å². The molecule has 0 bridgehead atoms. The van der Waals surface area contributed by atoms with Crippen molar-refractivity contribution in [2.75, 3.05) is 5.73 Å². The average Bonchev–Trinajstić information content (AvgIpc) is 3.90. The minimum absolute atomic E-state index is 0.0228. The van der Waals surface area contributed by atoms with Crippen molar-refractivity contribution in [1.29, 1.82) is 5.26 Å². The summed E-state index contributed by atoms with van der Waals surface area (Å²) in [6.07, 6.45) is 8.19. The number of benzene rings is 2. The third-order valence-electron chi connectivity index (χ3n) is 7.99. The Bertz CT molecular complexity index is 1940. The minimum Gasteiger partial charge on any atom is -0.392 e. The van der Waals surface area contributed by atoms with Gasteiger partial charge in [-0.3, -0.25) is 9.36 Å².